The van der Waals surface area contributed by atoms with Crippen molar-refractivity contribution in [3.05, 3.63) is 22.5 Å². The minimum atomic E-state index is -0.215. The van der Waals surface area contributed by atoms with Crippen molar-refractivity contribution in [2.24, 2.45) is 0 Å². The fraction of sp³-hybridized carbons (Fsp3) is 0.625. The normalized spacial score (nSPS) is 21.3. The van der Waals surface area contributed by atoms with E-state index in [0.717, 1.165) is 24.3 Å². The van der Waals surface area contributed by atoms with Gasteiger partial charge in [-0.25, -0.2) is 0 Å². The molecule has 0 radical (unpaired) electrons. The van der Waals surface area contributed by atoms with Gasteiger partial charge in [0.05, 0.1) is 24.4 Å². The van der Waals surface area contributed by atoms with Gasteiger partial charge in [-0.15, -0.1) is 0 Å². The largest absolute Gasteiger partial charge is 0.376 e. The van der Waals surface area contributed by atoms with E-state index in [1.165, 1.54) is 6.92 Å². The number of aromatic nitrogens is 1. The third kappa shape index (κ3) is 3.09. The first-order valence-corrected chi connectivity index (χ1v) is 7.42. The number of rotatable bonds is 4. The molecule has 0 amide bonds. The second-order valence-electron chi connectivity index (χ2n) is 5.90. The predicted molar refractivity (Wildman–Crippen MR) is 81.1 cm³/mol. The molecule has 1 aromatic heterocycles. The first-order valence-electron chi connectivity index (χ1n) is 7.42. The summed E-state index contributed by atoms with van der Waals surface area (Å²) in [5.41, 5.74) is 2.73. The number of hydrogen-bond donors (Lipinski definition) is 1. The molecule has 21 heavy (non-hydrogen) atoms. The smallest absolute Gasteiger partial charge is 0.196 e. The lowest BCUT2D eigenvalue weighted by Crippen LogP contribution is -2.48. The molecular weight excluding hydrogens is 268 g/mol. The van der Waals surface area contributed by atoms with Gasteiger partial charge in [-0.2, -0.15) is 0 Å². The maximum absolute atomic E-state index is 12.7. The van der Waals surface area contributed by atoms with E-state index < -0.39 is 0 Å². The van der Waals surface area contributed by atoms with Crippen LogP contribution < -0.4 is 0 Å². The quantitative estimate of drug-likeness (QED) is 0.864. The summed E-state index contributed by atoms with van der Waals surface area (Å²) in [4.78, 5) is 29.6. The van der Waals surface area contributed by atoms with E-state index in [9.17, 15) is 9.59 Å². The van der Waals surface area contributed by atoms with E-state index in [-0.39, 0.29) is 23.7 Å². The molecule has 2 heterocycles. The van der Waals surface area contributed by atoms with Gasteiger partial charge in [0.15, 0.2) is 11.6 Å². The number of aromatic amines is 1. The van der Waals surface area contributed by atoms with Crippen LogP contribution in [-0.4, -0.2) is 53.3 Å². The van der Waals surface area contributed by atoms with Crippen LogP contribution >= 0.6 is 0 Å². The maximum Gasteiger partial charge on any atom is 0.196 e. The second-order valence-corrected chi connectivity index (χ2v) is 5.90. The molecule has 0 saturated carbocycles. The highest BCUT2D eigenvalue weighted by Crippen LogP contribution is 2.21. The molecule has 2 rings (SSSR count). The topological polar surface area (TPSA) is 62.4 Å². The lowest BCUT2D eigenvalue weighted by atomic mass is 10.0. The van der Waals surface area contributed by atoms with Crippen molar-refractivity contribution in [1.29, 1.82) is 0 Å². The van der Waals surface area contributed by atoms with Crippen LogP contribution in [0.5, 0.6) is 0 Å². The Morgan fingerprint density at radius 2 is 2.05 bits per heavy atom. The number of hydrogen-bond acceptors (Lipinski definition) is 4. The van der Waals surface area contributed by atoms with Gasteiger partial charge in [-0.3, -0.25) is 14.5 Å². The van der Waals surface area contributed by atoms with Crippen molar-refractivity contribution >= 4 is 11.6 Å². The maximum atomic E-state index is 12.7. The number of morpholine rings is 1. The van der Waals surface area contributed by atoms with E-state index in [4.69, 9.17) is 4.74 Å². The van der Waals surface area contributed by atoms with Gasteiger partial charge in [-0.05, 0) is 40.2 Å². The molecule has 0 aliphatic carbocycles. The Morgan fingerprint density at radius 1 is 1.38 bits per heavy atom. The molecule has 2 atom stereocenters. The first kappa shape index (κ1) is 15.9. The molecule has 1 aliphatic rings. The van der Waals surface area contributed by atoms with Crippen molar-refractivity contribution < 1.29 is 14.3 Å². The van der Waals surface area contributed by atoms with Crippen molar-refractivity contribution in [3.63, 3.8) is 0 Å². The molecule has 0 bridgehead atoms. The summed E-state index contributed by atoms with van der Waals surface area (Å²) in [5, 5.41) is 0. The van der Waals surface area contributed by atoms with Gasteiger partial charge < -0.3 is 9.72 Å². The fourth-order valence-corrected chi connectivity index (χ4v) is 3.10. The molecule has 1 fully saturated rings. The number of Topliss-reactive ketones (excluding diaryl/α,β-unsaturated/α-hetero) is 2. The molecule has 5 nitrogen and oxygen atoms in total. The molecule has 0 aromatic carbocycles. The number of nitrogens with zero attached hydrogens (tertiary/aromatic N) is 1. The number of carbonyl (C=O) groups is 2. The lowest BCUT2D eigenvalue weighted by Gasteiger charge is -2.34. The van der Waals surface area contributed by atoms with Crippen LogP contribution in [0, 0.1) is 13.8 Å². The Hall–Kier alpha value is -1.46. The van der Waals surface area contributed by atoms with Gasteiger partial charge in [0, 0.05) is 24.3 Å². The van der Waals surface area contributed by atoms with Crippen molar-refractivity contribution in [2.45, 2.75) is 46.8 Å². The van der Waals surface area contributed by atoms with Gasteiger partial charge in [0.25, 0.3) is 0 Å². The summed E-state index contributed by atoms with van der Waals surface area (Å²) >= 11 is 0. The van der Waals surface area contributed by atoms with Crippen molar-refractivity contribution in [2.75, 3.05) is 19.7 Å². The van der Waals surface area contributed by atoms with E-state index in [0.29, 0.717) is 17.9 Å². The Bertz CT molecular complexity index is 562. The minimum absolute atomic E-state index is 0.00653. The van der Waals surface area contributed by atoms with Crippen molar-refractivity contribution in [3.8, 4) is 0 Å². The third-order valence-corrected chi connectivity index (χ3v) is 4.24. The fourth-order valence-electron chi connectivity index (χ4n) is 3.10. The van der Waals surface area contributed by atoms with E-state index in [1.54, 1.807) is 0 Å². The lowest BCUT2D eigenvalue weighted by molar-refractivity contribution is -0.0278. The highest BCUT2D eigenvalue weighted by molar-refractivity contribution is 6.05. The van der Waals surface area contributed by atoms with Crippen LogP contribution in [0.25, 0.3) is 0 Å². The van der Waals surface area contributed by atoms with Crippen LogP contribution in [0.1, 0.15) is 52.9 Å². The number of carbonyl (C=O) groups excluding carboxylic acids is 2. The van der Waals surface area contributed by atoms with Crippen LogP contribution in [0.2, 0.25) is 0 Å². The Balaban J connectivity index is 2.23. The van der Waals surface area contributed by atoms with Gasteiger partial charge in [0.2, 0.25) is 0 Å². The number of ketones is 2. The molecule has 5 heteroatoms. The Kier molecular flexibility index (Phi) is 4.64. The molecule has 116 valence electrons. The monoisotopic (exact) mass is 292 g/mol. The van der Waals surface area contributed by atoms with Crippen LogP contribution in [0.15, 0.2) is 0 Å². The first-order chi connectivity index (χ1) is 9.82. The molecule has 0 unspecified atom stereocenters. The van der Waals surface area contributed by atoms with Crippen LogP contribution in [0.3, 0.4) is 0 Å². The zero-order chi connectivity index (χ0) is 15.7. The van der Waals surface area contributed by atoms with Gasteiger partial charge in [0.1, 0.15) is 0 Å². The SMILES string of the molecule is CC(=O)c1c(C)[nH]c(C(=O)[C@@H](C)N2CCO[C@@H](C)C2)c1C. The molecule has 0 spiro atoms. The molecule has 1 aliphatic heterocycles. The predicted octanol–water partition coefficient (Wildman–Crippen LogP) is 2.13. The Morgan fingerprint density at radius 3 is 2.57 bits per heavy atom. The highest BCUT2D eigenvalue weighted by Gasteiger charge is 2.29. The third-order valence-electron chi connectivity index (χ3n) is 4.24. The zero-order valence-corrected chi connectivity index (χ0v) is 13.4. The molecular formula is C16H24N2O3. The second kappa shape index (κ2) is 6.12. The highest BCUT2D eigenvalue weighted by atomic mass is 16.5. The average molecular weight is 292 g/mol. The van der Waals surface area contributed by atoms with Crippen LogP contribution in [0.4, 0.5) is 0 Å². The van der Waals surface area contributed by atoms with E-state index >= 15 is 0 Å². The average Bonchev–Trinajstić information content (AvgIpc) is 2.72. The minimum Gasteiger partial charge on any atom is -0.376 e. The summed E-state index contributed by atoms with van der Waals surface area (Å²) in [6.45, 7) is 11.3. The number of aryl methyl sites for hydroxylation is 1. The molecule has 1 saturated heterocycles. The summed E-state index contributed by atoms with van der Waals surface area (Å²) < 4.78 is 5.52. The molecule has 1 aromatic rings. The summed E-state index contributed by atoms with van der Waals surface area (Å²) in [5.74, 6) is 0.0325. The summed E-state index contributed by atoms with van der Waals surface area (Å²) in [7, 11) is 0. The zero-order valence-electron chi connectivity index (χ0n) is 13.4. The van der Waals surface area contributed by atoms with Gasteiger partial charge >= 0.3 is 0 Å². The number of nitrogens with one attached hydrogen (secondary N) is 1. The number of H-pyrrole nitrogens is 1. The summed E-state index contributed by atoms with van der Waals surface area (Å²) in [6, 6.07) is -0.215. The standard InChI is InChI=1S/C16H24N2O3/c1-9-8-18(6-7-21-9)12(4)16(20)15-10(2)14(13(5)19)11(3)17-15/h9,12,17H,6-8H2,1-5H3/t9-,12+/m0/s1. The van der Waals surface area contributed by atoms with E-state index in [2.05, 4.69) is 9.88 Å². The van der Waals surface area contributed by atoms with Crippen molar-refractivity contribution in [1.82, 2.24) is 9.88 Å². The Labute approximate surface area is 125 Å². The summed E-state index contributed by atoms with van der Waals surface area (Å²) in [6.07, 6.45) is 0.147. The number of ether oxygens (including phenoxy) is 1. The molecule has 1 N–H and O–H groups in total. The van der Waals surface area contributed by atoms with E-state index in [1.807, 2.05) is 27.7 Å². The van der Waals surface area contributed by atoms with Crippen LogP contribution in [-0.2, 0) is 4.74 Å². The van der Waals surface area contributed by atoms with Gasteiger partial charge in [-0.1, -0.05) is 0 Å².